The minimum Gasteiger partial charge on any atom is -0.467 e. The van der Waals surface area contributed by atoms with Crippen molar-refractivity contribution in [2.24, 2.45) is 0 Å². The Morgan fingerprint density at radius 2 is 1.29 bits per heavy atom. The van der Waals surface area contributed by atoms with Crippen molar-refractivity contribution in [1.29, 1.82) is 0 Å². The number of hydrogen-bond donors (Lipinski definition) is 0. The van der Waals surface area contributed by atoms with E-state index in [1.54, 1.807) is 0 Å². The van der Waals surface area contributed by atoms with E-state index >= 15 is 0 Å². The van der Waals surface area contributed by atoms with Gasteiger partial charge in [-0.15, -0.1) is 0 Å². The summed E-state index contributed by atoms with van der Waals surface area (Å²) in [5.41, 5.74) is 0. The smallest absolute Gasteiger partial charge is 0.339 e. The molecule has 9 heteroatoms. The fraction of sp³-hybridized carbons (Fsp3) is 0.667. The molecule has 1 rings (SSSR count). The monoisotopic (exact) mass is 304 g/mol. The lowest BCUT2D eigenvalue weighted by molar-refractivity contribution is -0.198. The molecule has 0 amide bonds. The van der Waals surface area contributed by atoms with Crippen molar-refractivity contribution in [3.63, 3.8) is 0 Å². The van der Waals surface area contributed by atoms with Crippen LogP contribution in [0.2, 0.25) is 0 Å². The lowest BCUT2D eigenvalue weighted by atomic mass is 10.1. The molecule has 21 heavy (non-hydrogen) atoms. The molecule has 0 radical (unpaired) electrons. The zero-order chi connectivity index (χ0) is 16.2. The molecule has 0 N–H and O–H groups in total. The average molecular weight is 304 g/mol. The van der Waals surface area contributed by atoms with Crippen LogP contribution in [0.15, 0.2) is 0 Å². The molecule has 0 aliphatic carbocycles. The second-order valence-electron chi connectivity index (χ2n) is 4.21. The quantitative estimate of drug-likeness (QED) is 0.491. The third kappa shape index (κ3) is 4.42. The van der Waals surface area contributed by atoms with Crippen LogP contribution in [0, 0.1) is 0 Å². The number of methoxy groups -OCH3 is 1. The molecule has 4 unspecified atom stereocenters. The van der Waals surface area contributed by atoms with Gasteiger partial charge in [-0.3, -0.25) is 14.4 Å². The number of ether oxygens (including phenoxy) is 5. The van der Waals surface area contributed by atoms with Gasteiger partial charge in [0.25, 0.3) is 0 Å². The fourth-order valence-corrected chi connectivity index (χ4v) is 1.83. The number of esters is 4. The molecule has 1 aliphatic rings. The Balaban J connectivity index is 3.05. The highest BCUT2D eigenvalue weighted by molar-refractivity contribution is 5.77. The Bertz CT molecular complexity index is 444. The van der Waals surface area contributed by atoms with Crippen molar-refractivity contribution in [3.05, 3.63) is 0 Å². The Hall–Kier alpha value is -2.16. The van der Waals surface area contributed by atoms with Crippen molar-refractivity contribution in [2.75, 3.05) is 7.11 Å². The molecule has 1 saturated heterocycles. The predicted molar refractivity (Wildman–Crippen MR) is 63.6 cm³/mol. The summed E-state index contributed by atoms with van der Waals surface area (Å²) in [4.78, 5) is 45.0. The van der Waals surface area contributed by atoms with Gasteiger partial charge < -0.3 is 23.7 Å². The highest BCUT2D eigenvalue weighted by atomic mass is 16.8. The molecule has 4 atom stereocenters. The van der Waals surface area contributed by atoms with E-state index in [1.807, 2.05) is 0 Å². The number of carbonyl (C=O) groups is 4. The summed E-state index contributed by atoms with van der Waals surface area (Å²) >= 11 is 0. The highest BCUT2D eigenvalue weighted by Gasteiger charge is 2.54. The Labute approximate surface area is 120 Å². The summed E-state index contributed by atoms with van der Waals surface area (Å²) < 4.78 is 24.4. The Morgan fingerprint density at radius 1 is 0.810 bits per heavy atom. The van der Waals surface area contributed by atoms with Gasteiger partial charge in [0.15, 0.2) is 12.2 Å². The molecule has 0 spiro atoms. The van der Waals surface area contributed by atoms with Crippen LogP contribution in [-0.2, 0) is 42.9 Å². The topological polar surface area (TPSA) is 114 Å². The summed E-state index contributed by atoms with van der Waals surface area (Å²) in [6.45, 7) is 3.33. The summed E-state index contributed by atoms with van der Waals surface area (Å²) in [6.07, 6.45) is -5.28. The van der Waals surface area contributed by atoms with Gasteiger partial charge in [-0.1, -0.05) is 0 Å². The van der Waals surface area contributed by atoms with Gasteiger partial charge in [0, 0.05) is 20.8 Å². The van der Waals surface area contributed by atoms with Gasteiger partial charge >= 0.3 is 23.9 Å². The maximum Gasteiger partial charge on any atom is 0.339 e. The fourth-order valence-electron chi connectivity index (χ4n) is 1.83. The van der Waals surface area contributed by atoms with E-state index in [2.05, 4.69) is 4.74 Å². The second-order valence-corrected chi connectivity index (χ2v) is 4.21. The van der Waals surface area contributed by atoms with Crippen molar-refractivity contribution in [3.8, 4) is 0 Å². The van der Waals surface area contributed by atoms with E-state index < -0.39 is 48.5 Å². The SMILES string of the molecule is COC(=O)C1OC(OC(C)=O)C(OC(C)=O)C1OC(C)=O. The molecule has 1 heterocycles. The maximum atomic E-state index is 11.6. The predicted octanol–water partition coefficient (Wildman–Crippen LogP) is -0.689. The molecule has 0 aromatic heterocycles. The molecule has 1 aliphatic heterocycles. The molecule has 0 aromatic carbocycles. The molecule has 0 aromatic rings. The number of rotatable bonds is 4. The molecule has 1 fully saturated rings. The van der Waals surface area contributed by atoms with Crippen molar-refractivity contribution in [2.45, 2.75) is 45.4 Å². The average Bonchev–Trinajstić information content (AvgIpc) is 2.65. The van der Waals surface area contributed by atoms with Gasteiger partial charge in [0.2, 0.25) is 12.4 Å². The van der Waals surface area contributed by atoms with E-state index in [1.165, 1.54) is 0 Å². The van der Waals surface area contributed by atoms with E-state index in [-0.39, 0.29) is 0 Å². The largest absolute Gasteiger partial charge is 0.467 e. The summed E-state index contributed by atoms with van der Waals surface area (Å²) in [5, 5.41) is 0. The van der Waals surface area contributed by atoms with Crippen LogP contribution in [0.4, 0.5) is 0 Å². The van der Waals surface area contributed by atoms with E-state index in [0.717, 1.165) is 27.9 Å². The minimum atomic E-state index is -1.38. The number of hydrogen-bond acceptors (Lipinski definition) is 9. The van der Waals surface area contributed by atoms with E-state index in [0.29, 0.717) is 0 Å². The third-order valence-electron chi connectivity index (χ3n) is 2.49. The van der Waals surface area contributed by atoms with Gasteiger partial charge in [0.1, 0.15) is 0 Å². The van der Waals surface area contributed by atoms with Gasteiger partial charge in [-0.05, 0) is 0 Å². The third-order valence-corrected chi connectivity index (χ3v) is 2.49. The van der Waals surface area contributed by atoms with Gasteiger partial charge in [-0.25, -0.2) is 4.79 Å². The van der Waals surface area contributed by atoms with Crippen LogP contribution >= 0.6 is 0 Å². The first kappa shape index (κ1) is 16.9. The highest BCUT2D eigenvalue weighted by Crippen LogP contribution is 2.28. The first-order valence-corrected chi connectivity index (χ1v) is 6.01. The first-order chi connectivity index (χ1) is 9.76. The van der Waals surface area contributed by atoms with E-state index in [4.69, 9.17) is 18.9 Å². The zero-order valence-electron chi connectivity index (χ0n) is 12.0. The maximum absolute atomic E-state index is 11.6. The molecular formula is C12H16O9. The zero-order valence-corrected chi connectivity index (χ0v) is 12.0. The normalized spacial score (nSPS) is 27.6. The van der Waals surface area contributed by atoms with Crippen LogP contribution in [0.3, 0.4) is 0 Å². The molecule has 0 bridgehead atoms. The lowest BCUT2D eigenvalue weighted by Crippen LogP contribution is -2.43. The van der Waals surface area contributed by atoms with Crippen molar-refractivity contribution in [1.82, 2.24) is 0 Å². The summed E-state index contributed by atoms with van der Waals surface area (Å²) in [5.74, 6) is -3.01. The lowest BCUT2D eigenvalue weighted by Gasteiger charge is -2.22. The molecule has 118 valence electrons. The van der Waals surface area contributed by atoms with Gasteiger partial charge in [0.05, 0.1) is 7.11 Å². The number of carbonyl (C=O) groups excluding carboxylic acids is 4. The Kier molecular flexibility index (Phi) is 5.65. The van der Waals surface area contributed by atoms with Crippen LogP contribution in [0.5, 0.6) is 0 Å². The van der Waals surface area contributed by atoms with Gasteiger partial charge in [-0.2, -0.15) is 0 Å². The minimum absolute atomic E-state index is 0.718. The van der Waals surface area contributed by atoms with Crippen LogP contribution in [0.25, 0.3) is 0 Å². The summed E-state index contributed by atoms with van der Waals surface area (Å²) in [7, 11) is 1.11. The van der Waals surface area contributed by atoms with Crippen molar-refractivity contribution >= 4 is 23.9 Å². The molecule has 9 nitrogen and oxygen atoms in total. The summed E-state index contributed by atoms with van der Waals surface area (Å²) in [6, 6.07) is 0. The standard InChI is InChI=1S/C12H16O9/c1-5(13)18-8-9(11(16)17-4)21-12(20-7(3)15)10(8)19-6(2)14/h8-10,12H,1-4H3. The molecule has 0 saturated carbocycles. The van der Waals surface area contributed by atoms with Crippen LogP contribution in [-0.4, -0.2) is 55.6 Å². The van der Waals surface area contributed by atoms with Crippen LogP contribution in [0.1, 0.15) is 20.8 Å². The van der Waals surface area contributed by atoms with Crippen molar-refractivity contribution < 1.29 is 42.9 Å². The molecular weight excluding hydrogens is 288 g/mol. The Morgan fingerprint density at radius 3 is 1.71 bits per heavy atom. The first-order valence-electron chi connectivity index (χ1n) is 6.01. The second kappa shape index (κ2) is 7.02. The van der Waals surface area contributed by atoms with E-state index in [9.17, 15) is 19.2 Å². The van der Waals surface area contributed by atoms with Crippen LogP contribution < -0.4 is 0 Å².